The summed E-state index contributed by atoms with van der Waals surface area (Å²) >= 11 is 0. The van der Waals surface area contributed by atoms with Crippen molar-refractivity contribution in [2.24, 2.45) is 0 Å². The van der Waals surface area contributed by atoms with Crippen molar-refractivity contribution in [3.05, 3.63) is 35.7 Å². The average Bonchev–Trinajstić information content (AvgIpc) is 2.59. The van der Waals surface area contributed by atoms with Crippen LogP contribution in [0.15, 0.2) is 29.2 Å². The standard InChI is InChI=1S/C15H16F3N5O5S/c1-8-19-12(22-14(20-8)28-2)21-13(25)23-29(26,27)11-6-4-3-5-9(11)10(24)7-15(16,17)18/h3-6,10,24H,7H2,1-2H3,(H2,19,20,21,22,23,25). The van der Waals surface area contributed by atoms with E-state index in [0.717, 1.165) is 12.1 Å². The number of benzene rings is 1. The van der Waals surface area contributed by atoms with Crippen LogP contribution < -0.4 is 14.8 Å². The van der Waals surface area contributed by atoms with Crippen molar-refractivity contribution < 1.29 is 36.2 Å². The number of aliphatic hydroxyl groups is 1. The lowest BCUT2D eigenvalue weighted by atomic mass is 10.1. The minimum Gasteiger partial charge on any atom is -0.467 e. The molecule has 0 saturated heterocycles. The Morgan fingerprint density at radius 3 is 2.52 bits per heavy atom. The highest BCUT2D eigenvalue weighted by Gasteiger charge is 2.34. The van der Waals surface area contributed by atoms with Gasteiger partial charge in [0.1, 0.15) is 5.82 Å². The van der Waals surface area contributed by atoms with Crippen LogP contribution in [0.4, 0.5) is 23.9 Å². The van der Waals surface area contributed by atoms with E-state index in [0.29, 0.717) is 0 Å². The zero-order chi connectivity index (χ0) is 21.8. The molecule has 0 saturated carbocycles. The van der Waals surface area contributed by atoms with E-state index in [1.807, 2.05) is 0 Å². The number of nitrogens with one attached hydrogen (secondary N) is 2. The first-order chi connectivity index (χ1) is 13.4. The van der Waals surface area contributed by atoms with Crippen LogP contribution in [0.1, 0.15) is 23.9 Å². The number of urea groups is 1. The number of sulfonamides is 1. The summed E-state index contributed by atoms with van der Waals surface area (Å²) in [6.45, 7) is 1.47. The second-order valence-corrected chi connectivity index (χ2v) is 7.28. The Labute approximate surface area is 163 Å². The van der Waals surface area contributed by atoms with Crippen LogP contribution in [-0.4, -0.2) is 47.8 Å². The first-order valence-electron chi connectivity index (χ1n) is 7.85. The molecule has 1 aromatic carbocycles. The van der Waals surface area contributed by atoms with Crippen molar-refractivity contribution >= 4 is 22.0 Å². The van der Waals surface area contributed by atoms with Gasteiger partial charge in [-0.1, -0.05) is 18.2 Å². The number of amides is 2. The Morgan fingerprint density at radius 1 is 1.24 bits per heavy atom. The summed E-state index contributed by atoms with van der Waals surface area (Å²) in [7, 11) is -3.36. The maximum atomic E-state index is 12.5. The normalized spacial score (nSPS) is 12.9. The lowest BCUT2D eigenvalue weighted by molar-refractivity contribution is -0.154. The van der Waals surface area contributed by atoms with Gasteiger partial charge in [-0.2, -0.15) is 28.1 Å². The quantitative estimate of drug-likeness (QED) is 0.622. The molecule has 2 rings (SSSR count). The number of carbonyl (C=O) groups excluding carboxylic acids is 1. The molecule has 2 aromatic rings. The third-order valence-electron chi connectivity index (χ3n) is 3.35. The van der Waals surface area contributed by atoms with E-state index in [2.05, 4.69) is 20.3 Å². The molecule has 158 valence electrons. The van der Waals surface area contributed by atoms with Crippen molar-refractivity contribution in [3.63, 3.8) is 0 Å². The number of hydrogen-bond acceptors (Lipinski definition) is 8. The Morgan fingerprint density at radius 2 is 1.90 bits per heavy atom. The summed E-state index contributed by atoms with van der Waals surface area (Å²) in [6.07, 6.45) is -8.52. The number of anilines is 1. The topological polar surface area (TPSA) is 143 Å². The average molecular weight is 435 g/mol. The van der Waals surface area contributed by atoms with Crippen molar-refractivity contribution in [1.82, 2.24) is 19.7 Å². The molecule has 0 fully saturated rings. The van der Waals surface area contributed by atoms with E-state index >= 15 is 0 Å². The number of alkyl halides is 3. The second-order valence-electron chi connectivity index (χ2n) is 5.63. The highest BCUT2D eigenvalue weighted by molar-refractivity contribution is 7.90. The number of aromatic nitrogens is 3. The number of nitrogens with zero attached hydrogens (tertiary/aromatic N) is 3. The summed E-state index contributed by atoms with van der Waals surface area (Å²) < 4.78 is 69.0. The highest BCUT2D eigenvalue weighted by atomic mass is 32.2. The predicted molar refractivity (Wildman–Crippen MR) is 92.5 cm³/mol. The molecule has 0 radical (unpaired) electrons. The molecule has 1 heterocycles. The van der Waals surface area contributed by atoms with E-state index in [1.54, 1.807) is 4.72 Å². The van der Waals surface area contributed by atoms with E-state index in [4.69, 9.17) is 4.74 Å². The zero-order valence-corrected chi connectivity index (χ0v) is 15.9. The third kappa shape index (κ3) is 6.25. The zero-order valence-electron chi connectivity index (χ0n) is 15.1. The van der Waals surface area contributed by atoms with Crippen LogP contribution >= 0.6 is 0 Å². The summed E-state index contributed by atoms with van der Waals surface area (Å²) in [5.74, 6) is -0.136. The van der Waals surface area contributed by atoms with Gasteiger partial charge in [-0.3, -0.25) is 5.32 Å². The second kappa shape index (κ2) is 8.57. The highest BCUT2D eigenvalue weighted by Crippen LogP contribution is 2.32. The molecule has 29 heavy (non-hydrogen) atoms. The fourth-order valence-corrected chi connectivity index (χ4v) is 3.42. The summed E-state index contributed by atoms with van der Waals surface area (Å²) in [5.41, 5.74) is -0.511. The van der Waals surface area contributed by atoms with Gasteiger partial charge in [0.05, 0.1) is 24.5 Å². The first-order valence-corrected chi connectivity index (χ1v) is 9.34. The fraction of sp³-hybridized carbons (Fsp3) is 0.333. The van der Waals surface area contributed by atoms with Crippen LogP contribution in [0, 0.1) is 6.92 Å². The molecule has 0 spiro atoms. The van der Waals surface area contributed by atoms with E-state index in [-0.39, 0.29) is 17.8 Å². The van der Waals surface area contributed by atoms with Crippen LogP contribution in [-0.2, 0) is 10.0 Å². The van der Waals surface area contributed by atoms with Gasteiger partial charge in [0.2, 0.25) is 5.95 Å². The number of ether oxygens (including phenoxy) is 1. The van der Waals surface area contributed by atoms with Gasteiger partial charge in [0.25, 0.3) is 10.0 Å². The van der Waals surface area contributed by atoms with Crippen LogP contribution in [0.5, 0.6) is 6.01 Å². The number of carbonyl (C=O) groups is 1. The minimum atomic E-state index is -4.73. The predicted octanol–water partition coefficient (Wildman–Crippen LogP) is 1.68. The maximum Gasteiger partial charge on any atom is 0.391 e. The molecule has 14 heteroatoms. The molecule has 3 N–H and O–H groups in total. The van der Waals surface area contributed by atoms with Gasteiger partial charge in [-0.25, -0.2) is 17.9 Å². The number of aliphatic hydroxyl groups excluding tert-OH is 1. The van der Waals surface area contributed by atoms with Gasteiger partial charge in [-0.15, -0.1) is 0 Å². The number of aryl methyl sites for hydroxylation is 1. The van der Waals surface area contributed by atoms with E-state index in [1.165, 1.54) is 26.2 Å². The fourth-order valence-electron chi connectivity index (χ4n) is 2.24. The van der Waals surface area contributed by atoms with Gasteiger partial charge < -0.3 is 9.84 Å². The third-order valence-corrected chi connectivity index (χ3v) is 4.76. The molecular formula is C15H16F3N5O5S. The lowest BCUT2D eigenvalue weighted by Crippen LogP contribution is -2.35. The Balaban J connectivity index is 2.23. The van der Waals surface area contributed by atoms with Gasteiger partial charge >= 0.3 is 18.2 Å². The minimum absolute atomic E-state index is 0.128. The molecule has 0 aliphatic rings. The van der Waals surface area contributed by atoms with Crippen molar-refractivity contribution in [3.8, 4) is 6.01 Å². The van der Waals surface area contributed by atoms with Crippen LogP contribution in [0.3, 0.4) is 0 Å². The monoisotopic (exact) mass is 435 g/mol. The smallest absolute Gasteiger partial charge is 0.391 e. The van der Waals surface area contributed by atoms with Crippen LogP contribution in [0.25, 0.3) is 0 Å². The molecule has 0 bridgehead atoms. The van der Waals surface area contributed by atoms with Crippen molar-refractivity contribution in [2.75, 3.05) is 12.4 Å². The summed E-state index contributed by atoms with van der Waals surface area (Å²) in [4.78, 5) is 22.6. The Hall–Kier alpha value is -3.00. The van der Waals surface area contributed by atoms with Crippen molar-refractivity contribution in [1.29, 1.82) is 0 Å². The number of rotatable bonds is 6. The number of methoxy groups -OCH3 is 1. The molecule has 1 aromatic heterocycles. The number of hydrogen-bond donors (Lipinski definition) is 3. The van der Waals surface area contributed by atoms with Gasteiger partial charge in [0, 0.05) is 5.56 Å². The Kier molecular flexibility index (Phi) is 6.58. The van der Waals surface area contributed by atoms with Gasteiger partial charge in [-0.05, 0) is 13.0 Å². The molecule has 10 nitrogen and oxygen atoms in total. The first kappa shape index (κ1) is 22.3. The molecule has 1 unspecified atom stereocenters. The largest absolute Gasteiger partial charge is 0.467 e. The van der Waals surface area contributed by atoms with Crippen molar-refractivity contribution in [2.45, 2.75) is 30.5 Å². The summed E-state index contributed by atoms with van der Waals surface area (Å²) in [5, 5.41) is 11.9. The lowest BCUT2D eigenvalue weighted by Gasteiger charge is -2.17. The van der Waals surface area contributed by atoms with Crippen LogP contribution in [0.2, 0.25) is 0 Å². The molecule has 1 atom stereocenters. The van der Waals surface area contributed by atoms with Gasteiger partial charge in [0.15, 0.2) is 0 Å². The number of halogens is 3. The molecular weight excluding hydrogens is 419 g/mol. The molecule has 0 aliphatic carbocycles. The molecule has 0 aliphatic heterocycles. The maximum absolute atomic E-state index is 12.5. The summed E-state index contributed by atoms with van der Waals surface area (Å²) in [6, 6.07) is 3.06. The van der Waals surface area contributed by atoms with E-state index in [9.17, 15) is 31.5 Å². The Bertz CT molecular complexity index is 1000. The SMILES string of the molecule is COc1nc(C)nc(NC(=O)NS(=O)(=O)c2ccccc2C(O)CC(F)(F)F)n1. The van der Waals surface area contributed by atoms with E-state index < -0.39 is 45.2 Å². The molecule has 2 amide bonds.